The molecule has 2 aromatic heterocycles. The van der Waals surface area contributed by atoms with Crippen LogP contribution in [0.25, 0.3) is 10.9 Å². The molecule has 0 fully saturated rings. The second kappa shape index (κ2) is 7.56. The smallest absolute Gasteiger partial charge is 0.278 e. The molecule has 0 spiro atoms. The van der Waals surface area contributed by atoms with Gasteiger partial charge in [-0.3, -0.25) is 4.79 Å². The van der Waals surface area contributed by atoms with E-state index in [2.05, 4.69) is 9.98 Å². The number of fused-ring (bicyclic) bond motifs is 1. The van der Waals surface area contributed by atoms with Gasteiger partial charge < -0.3 is 4.57 Å². The third kappa shape index (κ3) is 3.96. The van der Waals surface area contributed by atoms with Gasteiger partial charge in [-0.15, -0.1) is 0 Å². The van der Waals surface area contributed by atoms with Gasteiger partial charge in [0.25, 0.3) is 5.91 Å². The van der Waals surface area contributed by atoms with E-state index in [9.17, 15) is 4.79 Å². The third-order valence-corrected chi connectivity index (χ3v) is 4.44. The van der Waals surface area contributed by atoms with E-state index in [4.69, 9.17) is 11.6 Å². The fourth-order valence-corrected chi connectivity index (χ4v) is 3.04. The summed E-state index contributed by atoms with van der Waals surface area (Å²) in [5.74, 6) is -0.292. The van der Waals surface area contributed by atoms with E-state index >= 15 is 0 Å². The molecule has 0 aliphatic carbocycles. The molecule has 4 nitrogen and oxygen atoms in total. The maximum absolute atomic E-state index is 12.7. The second-order valence-corrected chi connectivity index (χ2v) is 6.52. The number of hydrogen-bond acceptors (Lipinski definition) is 2. The van der Waals surface area contributed by atoms with Crippen molar-refractivity contribution in [2.45, 2.75) is 6.54 Å². The normalized spacial score (nSPS) is 11.7. The molecule has 2 heterocycles. The number of rotatable bonds is 3. The molecule has 132 valence electrons. The molecule has 0 aliphatic rings. The van der Waals surface area contributed by atoms with Gasteiger partial charge in [-0.25, -0.2) is 4.98 Å². The topological polar surface area (TPSA) is 47.2 Å². The molecule has 0 saturated heterocycles. The summed E-state index contributed by atoms with van der Waals surface area (Å²) in [6, 6.07) is 24.6. The number of amides is 1. The minimum atomic E-state index is -0.292. The van der Waals surface area contributed by atoms with Gasteiger partial charge in [0, 0.05) is 23.7 Å². The Labute approximate surface area is 161 Å². The van der Waals surface area contributed by atoms with E-state index < -0.39 is 0 Å². The molecule has 4 rings (SSSR count). The summed E-state index contributed by atoms with van der Waals surface area (Å²) in [4.78, 5) is 21.3. The summed E-state index contributed by atoms with van der Waals surface area (Å²) < 4.78 is 1.95. The van der Waals surface area contributed by atoms with Crippen LogP contribution in [0.4, 0.5) is 0 Å². The van der Waals surface area contributed by atoms with Gasteiger partial charge >= 0.3 is 0 Å². The first-order chi connectivity index (χ1) is 13.2. The molecule has 1 amide bonds. The number of hydrogen-bond donors (Lipinski definition) is 0. The first kappa shape index (κ1) is 17.2. The van der Waals surface area contributed by atoms with Crippen LogP contribution in [0.5, 0.6) is 0 Å². The van der Waals surface area contributed by atoms with Crippen molar-refractivity contribution in [2.24, 2.45) is 4.99 Å². The Morgan fingerprint density at radius 2 is 1.78 bits per heavy atom. The minimum absolute atomic E-state index is 0.292. The quantitative estimate of drug-likeness (QED) is 0.497. The van der Waals surface area contributed by atoms with Crippen LogP contribution in [0.3, 0.4) is 0 Å². The maximum Gasteiger partial charge on any atom is 0.278 e. The fraction of sp³-hybridized carbons (Fsp3) is 0.0455. The lowest BCUT2D eigenvalue weighted by atomic mass is 10.1. The average molecular weight is 374 g/mol. The van der Waals surface area contributed by atoms with Crippen molar-refractivity contribution >= 4 is 28.4 Å². The van der Waals surface area contributed by atoms with Crippen LogP contribution < -0.4 is 5.49 Å². The van der Waals surface area contributed by atoms with Gasteiger partial charge in [0.2, 0.25) is 0 Å². The molecule has 0 saturated carbocycles. The Morgan fingerprint density at radius 3 is 2.63 bits per heavy atom. The van der Waals surface area contributed by atoms with E-state index in [1.165, 1.54) is 0 Å². The predicted octanol–water partition coefficient (Wildman–Crippen LogP) is 4.48. The van der Waals surface area contributed by atoms with Crippen LogP contribution in [0.1, 0.15) is 15.9 Å². The highest BCUT2D eigenvalue weighted by molar-refractivity contribution is 6.29. The Hall–Kier alpha value is -3.24. The van der Waals surface area contributed by atoms with Crippen LogP contribution in [0.2, 0.25) is 5.15 Å². The van der Waals surface area contributed by atoms with E-state index in [1.54, 1.807) is 24.3 Å². The Kier molecular flexibility index (Phi) is 4.81. The van der Waals surface area contributed by atoms with Crippen molar-refractivity contribution in [1.82, 2.24) is 9.55 Å². The number of nitrogens with zero attached hydrogens (tertiary/aromatic N) is 3. The number of halogens is 1. The summed E-state index contributed by atoms with van der Waals surface area (Å²) >= 11 is 5.91. The number of benzene rings is 2. The second-order valence-electron chi connectivity index (χ2n) is 6.13. The first-order valence-corrected chi connectivity index (χ1v) is 8.92. The molecule has 0 atom stereocenters. The van der Waals surface area contributed by atoms with E-state index in [0.29, 0.717) is 22.7 Å². The third-order valence-electron chi connectivity index (χ3n) is 4.23. The molecule has 0 N–H and O–H groups in total. The van der Waals surface area contributed by atoms with Crippen molar-refractivity contribution in [2.75, 3.05) is 0 Å². The van der Waals surface area contributed by atoms with Gasteiger partial charge in [0.05, 0.1) is 5.52 Å². The van der Waals surface area contributed by atoms with Gasteiger partial charge in [-0.05, 0) is 48.0 Å². The summed E-state index contributed by atoms with van der Waals surface area (Å²) in [7, 11) is 0. The summed E-state index contributed by atoms with van der Waals surface area (Å²) in [6.07, 6.45) is 1.92. The number of pyridine rings is 2. The zero-order valence-corrected chi connectivity index (χ0v) is 15.2. The molecular formula is C22H16ClN3O. The SMILES string of the molecule is O=C(N=c1ccccn1Cc1ccccc1)c1ccc2nc(Cl)ccc2c1. The minimum Gasteiger partial charge on any atom is -0.328 e. The Balaban J connectivity index is 1.69. The van der Waals surface area contributed by atoms with Crippen molar-refractivity contribution in [3.8, 4) is 0 Å². The van der Waals surface area contributed by atoms with Gasteiger partial charge in [0.1, 0.15) is 10.6 Å². The molecule has 27 heavy (non-hydrogen) atoms. The number of carbonyl (C=O) groups excluding carboxylic acids is 1. The molecule has 0 radical (unpaired) electrons. The molecule has 2 aromatic carbocycles. The lowest BCUT2D eigenvalue weighted by molar-refractivity contribution is 0.0997. The number of aromatic nitrogens is 2. The summed E-state index contributed by atoms with van der Waals surface area (Å²) in [6.45, 7) is 0.647. The Bertz CT molecular complexity index is 1180. The van der Waals surface area contributed by atoms with Crippen molar-refractivity contribution in [3.63, 3.8) is 0 Å². The Morgan fingerprint density at radius 1 is 0.963 bits per heavy atom. The zero-order valence-electron chi connectivity index (χ0n) is 14.4. The van der Waals surface area contributed by atoms with Crippen molar-refractivity contribution in [1.29, 1.82) is 0 Å². The van der Waals surface area contributed by atoms with Crippen LogP contribution in [-0.2, 0) is 6.54 Å². The number of carbonyl (C=O) groups is 1. The highest BCUT2D eigenvalue weighted by Gasteiger charge is 2.07. The van der Waals surface area contributed by atoms with Gasteiger partial charge in [0.15, 0.2) is 0 Å². The van der Waals surface area contributed by atoms with Crippen molar-refractivity contribution in [3.05, 3.63) is 107 Å². The lowest BCUT2D eigenvalue weighted by Gasteiger charge is -2.07. The van der Waals surface area contributed by atoms with Crippen LogP contribution >= 0.6 is 11.6 Å². The molecule has 5 heteroatoms. The standard InChI is InChI=1S/C22H16ClN3O/c23-20-12-10-17-14-18(9-11-19(17)24-20)22(27)25-21-8-4-5-13-26(21)15-16-6-2-1-3-7-16/h1-14H,15H2. The predicted molar refractivity (Wildman–Crippen MR) is 107 cm³/mol. The molecule has 0 bridgehead atoms. The summed E-state index contributed by atoms with van der Waals surface area (Å²) in [5, 5.41) is 1.28. The fourth-order valence-electron chi connectivity index (χ4n) is 2.88. The van der Waals surface area contributed by atoms with E-state index in [-0.39, 0.29) is 5.91 Å². The van der Waals surface area contributed by atoms with Gasteiger partial charge in [-0.2, -0.15) is 4.99 Å². The lowest BCUT2D eigenvalue weighted by Crippen LogP contribution is -2.22. The van der Waals surface area contributed by atoms with E-state index in [0.717, 1.165) is 16.5 Å². The van der Waals surface area contributed by atoms with Crippen molar-refractivity contribution < 1.29 is 4.79 Å². The van der Waals surface area contributed by atoms with Crippen LogP contribution in [0, 0.1) is 0 Å². The maximum atomic E-state index is 12.7. The first-order valence-electron chi connectivity index (χ1n) is 8.54. The van der Waals surface area contributed by atoms with Crippen LogP contribution in [-0.4, -0.2) is 15.5 Å². The molecule has 0 aliphatic heterocycles. The molecular weight excluding hydrogens is 358 g/mol. The highest BCUT2D eigenvalue weighted by Crippen LogP contribution is 2.17. The average Bonchev–Trinajstić information content (AvgIpc) is 2.70. The largest absolute Gasteiger partial charge is 0.328 e. The molecule has 4 aromatic rings. The monoisotopic (exact) mass is 373 g/mol. The zero-order chi connectivity index (χ0) is 18.6. The van der Waals surface area contributed by atoms with E-state index in [1.807, 2.05) is 65.4 Å². The summed E-state index contributed by atoms with van der Waals surface area (Å²) in [5.41, 5.74) is 3.02. The highest BCUT2D eigenvalue weighted by atomic mass is 35.5. The molecule has 0 unspecified atom stereocenters. The van der Waals surface area contributed by atoms with Crippen LogP contribution in [0.15, 0.2) is 90.1 Å². The van der Waals surface area contributed by atoms with Gasteiger partial charge in [-0.1, -0.05) is 48.0 Å².